The molecule has 3 N–H and O–H groups in total. The minimum Gasteiger partial charge on any atom is -0.480 e. The molecule has 0 aliphatic rings. The van der Waals surface area contributed by atoms with Crippen LogP contribution in [0.4, 0.5) is 9.18 Å². The van der Waals surface area contributed by atoms with Crippen LogP contribution in [0.2, 0.25) is 0 Å². The molecule has 0 spiro atoms. The molecule has 1 atom stereocenters. The number of hydrogen-bond acceptors (Lipinski definition) is 2. The van der Waals surface area contributed by atoms with Gasteiger partial charge in [0.25, 0.3) is 0 Å². The molecule has 110 valence electrons. The van der Waals surface area contributed by atoms with Gasteiger partial charge in [0.15, 0.2) is 0 Å². The van der Waals surface area contributed by atoms with Crippen LogP contribution in [-0.4, -0.2) is 23.1 Å². The van der Waals surface area contributed by atoms with Crippen LogP contribution in [0.25, 0.3) is 0 Å². The number of carboxylic acids is 1. The second-order valence-corrected chi connectivity index (χ2v) is 5.10. The number of aliphatic carboxylic acids is 1. The van der Waals surface area contributed by atoms with Gasteiger partial charge >= 0.3 is 12.0 Å². The van der Waals surface area contributed by atoms with E-state index < -0.39 is 23.9 Å². The van der Waals surface area contributed by atoms with Crippen molar-refractivity contribution in [1.29, 1.82) is 0 Å². The highest BCUT2D eigenvalue weighted by atomic mass is 79.9. The highest BCUT2D eigenvalue weighted by Crippen LogP contribution is 2.17. The highest BCUT2D eigenvalue weighted by Gasteiger charge is 2.18. The van der Waals surface area contributed by atoms with E-state index in [4.69, 9.17) is 5.11 Å². The lowest BCUT2D eigenvalue weighted by Crippen LogP contribution is -2.45. The summed E-state index contributed by atoms with van der Waals surface area (Å²) in [5.74, 6) is -1.48. The minimum atomic E-state index is -1.08. The van der Waals surface area contributed by atoms with E-state index in [9.17, 15) is 14.0 Å². The summed E-state index contributed by atoms with van der Waals surface area (Å²) >= 11 is 3.25. The number of hydrogen-bond donors (Lipinski definition) is 3. The van der Waals surface area contributed by atoms with Gasteiger partial charge in [0.2, 0.25) is 0 Å². The number of nitrogens with one attached hydrogen (secondary N) is 2. The molecule has 0 heterocycles. The van der Waals surface area contributed by atoms with Crippen molar-refractivity contribution < 1.29 is 19.1 Å². The number of benzene rings is 1. The summed E-state index contributed by atoms with van der Waals surface area (Å²) in [5.41, 5.74) is 0.572. The Hall–Kier alpha value is -1.63. The van der Waals surface area contributed by atoms with Gasteiger partial charge < -0.3 is 15.7 Å². The quantitative estimate of drug-likeness (QED) is 0.740. The molecule has 2 amide bonds. The van der Waals surface area contributed by atoms with Crippen LogP contribution in [0.15, 0.2) is 22.7 Å². The van der Waals surface area contributed by atoms with Crippen molar-refractivity contribution in [1.82, 2.24) is 10.6 Å². The molecule has 0 saturated carbocycles. The molecule has 7 heteroatoms. The summed E-state index contributed by atoms with van der Waals surface area (Å²) in [4.78, 5) is 22.5. The summed E-state index contributed by atoms with van der Waals surface area (Å²) in [6, 6.07) is 2.62. The molecule has 0 aliphatic carbocycles. The Labute approximate surface area is 124 Å². The Morgan fingerprint density at radius 2 is 2.15 bits per heavy atom. The number of carbonyl (C=O) groups is 2. The zero-order valence-corrected chi connectivity index (χ0v) is 12.5. The SMILES string of the molecule is CCCC(NC(=O)NCc1cc(F)ccc1Br)C(=O)O. The molecule has 0 bridgehead atoms. The average Bonchev–Trinajstić information content (AvgIpc) is 2.39. The second kappa shape index (κ2) is 7.84. The molecule has 1 aromatic carbocycles. The summed E-state index contributed by atoms with van der Waals surface area (Å²) < 4.78 is 13.7. The van der Waals surface area contributed by atoms with Crippen molar-refractivity contribution >= 4 is 27.9 Å². The fraction of sp³-hybridized carbons (Fsp3) is 0.385. The molecule has 0 fully saturated rings. The van der Waals surface area contributed by atoms with Crippen molar-refractivity contribution in [2.75, 3.05) is 0 Å². The highest BCUT2D eigenvalue weighted by molar-refractivity contribution is 9.10. The zero-order chi connectivity index (χ0) is 15.1. The molecule has 1 aromatic rings. The third-order valence-corrected chi connectivity index (χ3v) is 3.40. The molecule has 5 nitrogen and oxygen atoms in total. The summed E-state index contributed by atoms with van der Waals surface area (Å²) in [7, 11) is 0. The van der Waals surface area contributed by atoms with Gasteiger partial charge in [-0.15, -0.1) is 0 Å². The number of rotatable bonds is 6. The van der Waals surface area contributed by atoms with E-state index in [1.54, 1.807) is 6.07 Å². The number of urea groups is 1. The van der Waals surface area contributed by atoms with Crippen LogP contribution in [0.5, 0.6) is 0 Å². The summed E-state index contributed by atoms with van der Waals surface area (Å²) in [6.45, 7) is 1.93. The Bertz CT molecular complexity index is 497. The number of carbonyl (C=O) groups excluding carboxylic acids is 1. The monoisotopic (exact) mass is 346 g/mol. The van der Waals surface area contributed by atoms with Gasteiger partial charge in [0.1, 0.15) is 11.9 Å². The topological polar surface area (TPSA) is 78.4 Å². The number of halogens is 2. The lowest BCUT2D eigenvalue weighted by molar-refractivity contribution is -0.139. The smallest absolute Gasteiger partial charge is 0.326 e. The van der Waals surface area contributed by atoms with Crippen LogP contribution in [0.1, 0.15) is 25.3 Å². The predicted molar refractivity (Wildman–Crippen MR) is 75.8 cm³/mol. The van der Waals surface area contributed by atoms with Gasteiger partial charge in [-0.2, -0.15) is 0 Å². The average molecular weight is 347 g/mol. The molecule has 0 saturated heterocycles. The Morgan fingerprint density at radius 3 is 2.75 bits per heavy atom. The number of amides is 2. The molecule has 0 aromatic heterocycles. The van der Waals surface area contributed by atoms with Gasteiger partial charge in [-0.25, -0.2) is 14.0 Å². The maximum Gasteiger partial charge on any atom is 0.326 e. The van der Waals surface area contributed by atoms with Crippen LogP contribution in [-0.2, 0) is 11.3 Å². The molecular formula is C13H16BrFN2O3. The molecule has 1 unspecified atom stereocenters. The molecule has 20 heavy (non-hydrogen) atoms. The first-order chi connectivity index (χ1) is 9.43. The third-order valence-electron chi connectivity index (χ3n) is 2.63. The van der Waals surface area contributed by atoms with Crippen LogP contribution in [0.3, 0.4) is 0 Å². The molecular weight excluding hydrogens is 331 g/mol. The van der Waals surface area contributed by atoms with Gasteiger partial charge in [0.05, 0.1) is 0 Å². The van der Waals surface area contributed by atoms with Gasteiger partial charge in [-0.05, 0) is 30.2 Å². The van der Waals surface area contributed by atoms with Crippen molar-refractivity contribution in [2.24, 2.45) is 0 Å². The van der Waals surface area contributed by atoms with E-state index in [1.165, 1.54) is 12.1 Å². The van der Waals surface area contributed by atoms with Crippen molar-refractivity contribution in [3.63, 3.8) is 0 Å². The second-order valence-electron chi connectivity index (χ2n) is 4.24. The lowest BCUT2D eigenvalue weighted by Gasteiger charge is -2.14. The molecule has 1 rings (SSSR count). The summed E-state index contributed by atoms with van der Waals surface area (Å²) in [5, 5.41) is 13.8. The maximum absolute atomic E-state index is 13.1. The van der Waals surface area contributed by atoms with E-state index in [-0.39, 0.29) is 6.54 Å². The lowest BCUT2D eigenvalue weighted by atomic mass is 10.2. The Balaban J connectivity index is 2.54. The maximum atomic E-state index is 13.1. The molecule has 0 aliphatic heterocycles. The fourth-order valence-corrected chi connectivity index (χ4v) is 2.00. The first-order valence-corrected chi connectivity index (χ1v) is 6.94. The number of carboxylic acid groups (broad SMARTS) is 1. The van der Waals surface area contributed by atoms with Crippen LogP contribution >= 0.6 is 15.9 Å². The largest absolute Gasteiger partial charge is 0.480 e. The first kappa shape index (κ1) is 16.4. The van der Waals surface area contributed by atoms with E-state index >= 15 is 0 Å². The van der Waals surface area contributed by atoms with E-state index in [2.05, 4.69) is 26.6 Å². The van der Waals surface area contributed by atoms with Crippen LogP contribution in [0, 0.1) is 5.82 Å². The van der Waals surface area contributed by atoms with Crippen molar-refractivity contribution in [3.05, 3.63) is 34.1 Å². The minimum absolute atomic E-state index is 0.0998. The van der Waals surface area contributed by atoms with E-state index in [1.807, 2.05) is 6.92 Å². The van der Waals surface area contributed by atoms with Crippen molar-refractivity contribution in [3.8, 4) is 0 Å². The summed E-state index contributed by atoms with van der Waals surface area (Å²) in [6.07, 6.45) is 0.999. The predicted octanol–water partition coefficient (Wildman–Crippen LogP) is 2.64. The third kappa shape index (κ3) is 5.16. The van der Waals surface area contributed by atoms with Crippen LogP contribution < -0.4 is 10.6 Å². The van der Waals surface area contributed by atoms with Gasteiger partial charge in [-0.1, -0.05) is 29.3 Å². The normalized spacial score (nSPS) is 11.8. The first-order valence-electron chi connectivity index (χ1n) is 6.15. The Morgan fingerprint density at radius 1 is 1.45 bits per heavy atom. The van der Waals surface area contributed by atoms with E-state index in [0.29, 0.717) is 22.9 Å². The zero-order valence-electron chi connectivity index (χ0n) is 11.0. The Kier molecular flexibility index (Phi) is 6.44. The van der Waals surface area contributed by atoms with Crippen molar-refractivity contribution in [2.45, 2.75) is 32.4 Å². The van der Waals surface area contributed by atoms with E-state index in [0.717, 1.165) is 0 Å². The standard InChI is InChI=1S/C13H16BrFN2O3/c1-2-3-11(12(18)19)17-13(20)16-7-8-6-9(15)4-5-10(8)14/h4-6,11H,2-3,7H2,1H3,(H,18,19)(H2,16,17,20). The van der Waals surface area contributed by atoms with Gasteiger partial charge in [0, 0.05) is 11.0 Å². The fourth-order valence-electron chi connectivity index (χ4n) is 1.61. The van der Waals surface area contributed by atoms with Gasteiger partial charge in [-0.3, -0.25) is 0 Å². The molecule has 0 radical (unpaired) electrons.